The molecule has 4 N–H and O–H groups in total. The van der Waals surface area contributed by atoms with Crippen LogP contribution < -0.4 is 21.5 Å². The second kappa shape index (κ2) is 6.53. The maximum absolute atomic E-state index is 12.5. The first-order valence-corrected chi connectivity index (χ1v) is 8.89. The van der Waals surface area contributed by atoms with Crippen LogP contribution in [0.1, 0.15) is 42.5 Å². The van der Waals surface area contributed by atoms with E-state index in [0.29, 0.717) is 23.2 Å². The number of fused-ring (bicyclic) bond motifs is 1. The van der Waals surface area contributed by atoms with E-state index in [-0.39, 0.29) is 23.8 Å². The number of benzene rings is 1. The van der Waals surface area contributed by atoms with Gasteiger partial charge in [-0.2, -0.15) is 0 Å². The number of hydrogen-bond donors (Lipinski definition) is 4. The largest absolute Gasteiger partial charge is 0.349 e. The minimum Gasteiger partial charge on any atom is -0.349 e. The number of carbonyl (C=O) groups is 2. The number of nitrogens with one attached hydrogen (secondary N) is 4. The van der Waals surface area contributed by atoms with Gasteiger partial charge < -0.3 is 10.6 Å². The summed E-state index contributed by atoms with van der Waals surface area (Å²) in [6.07, 6.45) is 5.04. The van der Waals surface area contributed by atoms with Gasteiger partial charge in [0.1, 0.15) is 0 Å². The summed E-state index contributed by atoms with van der Waals surface area (Å²) >= 11 is 0. The van der Waals surface area contributed by atoms with E-state index in [9.17, 15) is 9.59 Å². The number of hydrazine groups is 1. The third-order valence-corrected chi connectivity index (χ3v) is 5.31. The highest BCUT2D eigenvalue weighted by molar-refractivity contribution is 5.98. The van der Waals surface area contributed by atoms with Gasteiger partial charge in [0, 0.05) is 35.8 Å². The Balaban J connectivity index is 1.36. The van der Waals surface area contributed by atoms with E-state index in [0.717, 1.165) is 38.6 Å². The van der Waals surface area contributed by atoms with Crippen molar-refractivity contribution in [2.45, 2.75) is 44.2 Å². The van der Waals surface area contributed by atoms with Crippen molar-refractivity contribution < 1.29 is 9.59 Å². The third kappa shape index (κ3) is 3.44. The molecule has 128 valence electrons. The Hall–Kier alpha value is -1.92. The zero-order chi connectivity index (χ0) is 16.5. The van der Waals surface area contributed by atoms with Crippen LogP contribution in [0.15, 0.2) is 24.3 Å². The van der Waals surface area contributed by atoms with Crippen molar-refractivity contribution in [1.82, 2.24) is 16.2 Å². The lowest BCUT2D eigenvalue weighted by Crippen LogP contribution is -2.44. The van der Waals surface area contributed by atoms with Gasteiger partial charge in [0.2, 0.25) is 5.91 Å². The summed E-state index contributed by atoms with van der Waals surface area (Å²) in [4.78, 5) is 24.4. The normalized spacial score (nSPS) is 28.9. The Morgan fingerprint density at radius 3 is 2.83 bits per heavy atom. The molecule has 0 radical (unpaired) electrons. The summed E-state index contributed by atoms with van der Waals surface area (Å²) in [6.45, 7) is 0.972. The van der Waals surface area contributed by atoms with Crippen molar-refractivity contribution in [3.63, 3.8) is 0 Å². The second-order valence-corrected chi connectivity index (χ2v) is 7.22. The average molecular weight is 328 g/mol. The fourth-order valence-corrected chi connectivity index (χ4v) is 3.73. The smallest absolute Gasteiger partial charge is 0.251 e. The summed E-state index contributed by atoms with van der Waals surface area (Å²) in [5.74, 6) is 0.756. The molecule has 3 aliphatic rings. The maximum atomic E-state index is 12.5. The number of carbonyl (C=O) groups excluding carboxylic acids is 2. The van der Waals surface area contributed by atoms with Gasteiger partial charge in [-0.25, -0.2) is 0 Å². The van der Waals surface area contributed by atoms with Gasteiger partial charge in [-0.05, 0) is 56.2 Å². The molecule has 2 aliphatic carbocycles. The summed E-state index contributed by atoms with van der Waals surface area (Å²) in [5.41, 5.74) is 7.81. The van der Waals surface area contributed by atoms with Crippen LogP contribution in [-0.2, 0) is 4.79 Å². The SMILES string of the molecule is O=C(NC1CCC2NNCC2C1)c1cccc(NC(=O)C2CC2)c1. The van der Waals surface area contributed by atoms with Gasteiger partial charge in [-0.15, -0.1) is 0 Å². The van der Waals surface area contributed by atoms with E-state index in [2.05, 4.69) is 21.5 Å². The molecule has 0 spiro atoms. The topological polar surface area (TPSA) is 82.3 Å². The van der Waals surface area contributed by atoms with Crippen LogP contribution in [-0.4, -0.2) is 30.4 Å². The zero-order valence-corrected chi connectivity index (χ0v) is 13.7. The predicted molar refractivity (Wildman–Crippen MR) is 91.3 cm³/mol. The molecule has 2 saturated carbocycles. The Kier molecular flexibility index (Phi) is 4.24. The molecular weight excluding hydrogens is 304 g/mol. The van der Waals surface area contributed by atoms with E-state index in [1.54, 1.807) is 12.1 Å². The highest BCUT2D eigenvalue weighted by Gasteiger charge is 2.34. The molecule has 6 heteroatoms. The lowest BCUT2D eigenvalue weighted by atomic mass is 9.83. The first-order chi connectivity index (χ1) is 11.7. The minimum atomic E-state index is -0.0557. The number of rotatable bonds is 4. The molecule has 24 heavy (non-hydrogen) atoms. The van der Waals surface area contributed by atoms with E-state index in [4.69, 9.17) is 0 Å². The minimum absolute atomic E-state index is 0.0557. The lowest BCUT2D eigenvalue weighted by molar-refractivity contribution is -0.117. The van der Waals surface area contributed by atoms with E-state index >= 15 is 0 Å². The molecule has 0 aromatic heterocycles. The van der Waals surface area contributed by atoms with Gasteiger partial charge in [-0.1, -0.05) is 6.07 Å². The Morgan fingerprint density at radius 1 is 1.12 bits per heavy atom. The predicted octanol–water partition coefficient (Wildman–Crippen LogP) is 1.41. The molecule has 1 heterocycles. The molecule has 3 unspecified atom stereocenters. The number of anilines is 1. The second-order valence-electron chi connectivity index (χ2n) is 7.22. The summed E-state index contributed by atoms with van der Waals surface area (Å²) in [7, 11) is 0. The molecule has 1 aromatic rings. The Bertz CT molecular complexity index is 644. The van der Waals surface area contributed by atoms with Crippen LogP contribution in [0.5, 0.6) is 0 Å². The first-order valence-electron chi connectivity index (χ1n) is 8.89. The molecule has 1 aromatic carbocycles. The van der Waals surface area contributed by atoms with Crippen molar-refractivity contribution in [3.05, 3.63) is 29.8 Å². The van der Waals surface area contributed by atoms with Crippen LogP contribution in [0.4, 0.5) is 5.69 Å². The highest BCUT2D eigenvalue weighted by Crippen LogP contribution is 2.30. The van der Waals surface area contributed by atoms with Gasteiger partial charge in [0.05, 0.1) is 0 Å². The van der Waals surface area contributed by atoms with Crippen molar-refractivity contribution in [2.75, 3.05) is 11.9 Å². The van der Waals surface area contributed by atoms with Crippen molar-refractivity contribution in [3.8, 4) is 0 Å². The molecule has 3 fully saturated rings. The van der Waals surface area contributed by atoms with E-state index < -0.39 is 0 Å². The molecule has 0 bridgehead atoms. The molecule has 3 atom stereocenters. The zero-order valence-electron chi connectivity index (χ0n) is 13.7. The fraction of sp³-hybridized carbons (Fsp3) is 0.556. The summed E-state index contributed by atoms with van der Waals surface area (Å²) in [5, 5.41) is 6.05. The fourth-order valence-electron chi connectivity index (χ4n) is 3.73. The van der Waals surface area contributed by atoms with Crippen LogP contribution in [0.3, 0.4) is 0 Å². The van der Waals surface area contributed by atoms with E-state index in [1.165, 1.54) is 0 Å². The molecule has 1 saturated heterocycles. The molecular formula is C18H24N4O2. The van der Waals surface area contributed by atoms with Crippen molar-refractivity contribution >= 4 is 17.5 Å². The van der Waals surface area contributed by atoms with Crippen LogP contribution >= 0.6 is 0 Å². The summed E-state index contributed by atoms with van der Waals surface area (Å²) in [6, 6.07) is 7.98. The van der Waals surface area contributed by atoms with Gasteiger partial charge in [0.25, 0.3) is 5.91 Å². The van der Waals surface area contributed by atoms with E-state index in [1.807, 2.05) is 12.1 Å². The lowest BCUT2D eigenvalue weighted by Gasteiger charge is -2.31. The number of hydrogen-bond acceptors (Lipinski definition) is 4. The molecule has 2 amide bonds. The Labute approximate surface area is 141 Å². The first kappa shape index (κ1) is 15.6. The van der Waals surface area contributed by atoms with Crippen LogP contribution in [0.25, 0.3) is 0 Å². The Morgan fingerprint density at radius 2 is 2.00 bits per heavy atom. The standard InChI is InChI=1S/C18H24N4O2/c23-17(11-4-5-11)20-14-3-1-2-12(8-14)18(24)21-15-6-7-16-13(9-15)10-19-22-16/h1-3,8,11,13,15-16,19,22H,4-7,9-10H2,(H,20,23)(H,21,24). The van der Waals surface area contributed by atoms with Crippen LogP contribution in [0.2, 0.25) is 0 Å². The monoisotopic (exact) mass is 328 g/mol. The third-order valence-electron chi connectivity index (χ3n) is 5.31. The molecule has 4 rings (SSSR count). The number of amides is 2. The maximum Gasteiger partial charge on any atom is 0.251 e. The van der Waals surface area contributed by atoms with Crippen LogP contribution in [0, 0.1) is 11.8 Å². The highest BCUT2D eigenvalue weighted by atomic mass is 16.2. The van der Waals surface area contributed by atoms with Gasteiger partial charge in [-0.3, -0.25) is 20.4 Å². The van der Waals surface area contributed by atoms with Gasteiger partial charge in [0.15, 0.2) is 0 Å². The van der Waals surface area contributed by atoms with Crippen molar-refractivity contribution in [1.29, 1.82) is 0 Å². The quantitative estimate of drug-likeness (QED) is 0.673. The molecule has 1 aliphatic heterocycles. The van der Waals surface area contributed by atoms with Gasteiger partial charge >= 0.3 is 0 Å². The summed E-state index contributed by atoms with van der Waals surface area (Å²) < 4.78 is 0. The van der Waals surface area contributed by atoms with Crippen molar-refractivity contribution in [2.24, 2.45) is 11.8 Å². The average Bonchev–Trinajstić information content (AvgIpc) is 3.34. The molecule has 6 nitrogen and oxygen atoms in total.